The zero-order chi connectivity index (χ0) is 34.6. The summed E-state index contributed by atoms with van der Waals surface area (Å²) in [5.74, 6) is -10.6. The van der Waals surface area contributed by atoms with Crippen molar-refractivity contribution in [2.24, 2.45) is 0 Å². The second-order valence-electron chi connectivity index (χ2n) is 12.5. The van der Waals surface area contributed by atoms with Gasteiger partial charge < -0.3 is 28.0 Å². The molecule has 8 rings (SSSR count). The number of cyclic esters (lactones) is 4. The summed E-state index contributed by atoms with van der Waals surface area (Å²) in [7, 11) is 0. The molecule has 4 aliphatic heterocycles. The number of hydrogen-bond acceptors (Lipinski definition) is 14. The third-order valence-corrected chi connectivity index (χ3v) is 9.59. The molecule has 16 heteroatoms. The highest BCUT2D eigenvalue weighted by molar-refractivity contribution is 5.95. The van der Waals surface area contributed by atoms with E-state index in [1.807, 2.05) is 0 Å². The quantitative estimate of drug-likeness (QED) is 0.277. The molecule has 4 aromatic rings. The normalized spacial score (nSPS) is 22.2. The van der Waals surface area contributed by atoms with E-state index in [0.717, 1.165) is 24.3 Å². The molecule has 258 valence electrons. The molecular weight excluding hydrogens is 662 g/mol. The van der Waals surface area contributed by atoms with Gasteiger partial charge in [-0.3, -0.25) is 0 Å². The Hall–Kier alpha value is -5.48. The Morgan fingerprint density at radius 1 is 0.560 bits per heavy atom. The first-order chi connectivity index (χ1) is 24.1. The topological polar surface area (TPSA) is 164 Å². The van der Waals surface area contributed by atoms with Crippen LogP contribution in [0.2, 0.25) is 0 Å². The van der Waals surface area contributed by atoms with E-state index < -0.39 is 47.3 Å². The maximum absolute atomic E-state index is 13.8. The molecule has 0 aliphatic carbocycles. The van der Waals surface area contributed by atoms with E-state index in [1.54, 1.807) is 12.1 Å². The zero-order valence-corrected chi connectivity index (χ0v) is 26.2. The molecule has 14 nitrogen and oxygen atoms in total. The lowest BCUT2D eigenvalue weighted by atomic mass is 9.90. The Bertz CT molecular complexity index is 1900. The van der Waals surface area contributed by atoms with Crippen LogP contribution in [-0.4, -0.2) is 82.0 Å². The van der Waals surface area contributed by atoms with Crippen LogP contribution in [0.3, 0.4) is 0 Å². The fourth-order valence-electron chi connectivity index (χ4n) is 7.26. The van der Waals surface area contributed by atoms with Crippen LogP contribution in [0, 0.1) is 11.6 Å². The third kappa shape index (κ3) is 5.31. The first-order valence-electron chi connectivity index (χ1n) is 16.0. The van der Waals surface area contributed by atoms with Crippen molar-refractivity contribution >= 4 is 45.8 Å². The van der Waals surface area contributed by atoms with Gasteiger partial charge in [-0.25, -0.2) is 37.8 Å². The van der Waals surface area contributed by atoms with Crippen molar-refractivity contribution in [3.63, 3.8) is 0 Å². The van der Waals surface area contributed by atoms with Crippen LogP contribution in [0.25, 0.3) is 21.9 Å². The summed E-state index contributed by atoms with van der Waals surface area (Å²) < 4.78 is 62.1. The number of likely N-dealkylation sites (tertiary alicyclic amines) is 2. The van der Waals surface area contributed by atoms with E-state index in [1.165, 1.54) is 34.1 Å². The van der Waals surface area contributed by atoms with E-state index in [-0.39, 0.29) is 49.2 Å². The van der Waals surface area contributed by atoms with Crippen molar-refractivity contribution in [3.8, 4) is 0 Å². The minimum absolute atomic E-state index is 0.0724. The van der Waals surface area contributed by atoms with Gasteiger partial charge in [0.1, 0.15) is 11.6 Å². The predicted octanol–water partition coefficient (Wildman–Crippen LogP) is 3.93. The minimum Gasteiger partial charge on any atom is -0.397 e. The van der Waals surface area contributed by atoms with Crippen LogP contribution in [0.5, 0.6) is 0 Å². The maximum atomic E-state index is 13.8. The van der Waals surface area contributed by atoms with E-state index in [0.29, 0.717) is 47.8 Å². The van der Waals surface area contributed by atoms with Crippen molar-refractivity contribution in [1.82, 2.24) is 20.1 Å². The van der Waals surface area contributed by atoms with E-state index in [9.17, 15) is 28.0 Å². The first kappa shape index (κ1) is 31.8. The molecule has 0 amide bonds. The van der Waals surface area contributed by atoms with Gasteiger partial charge in [-0.05, 0) is 49.9 Å². The molecule has 2 aromatic heterocycles. The van der Waals surface area contributed by atoms with Crippen LogP contribution in [0.1, 0.15) is 48.9 Å². The monoisotopic (exact) mass is 690 g/mol. The molecule has 6 heterocycles. The number of esters is 4. The zero-order valence-electron chi connectivity index (χ0n) is 26.2. The van der Waals surface area contributed by atoms with Crippen LogP contribution >= 0.6 is 0 Å². The highest BCUT2D eigenvalue weighted by atomic mass is 19.1. The molecule has 0 N–H and O–H groups in total. The molecule has 0 saturated carbocycles. The van der Waals surface area contributed by atoms with Crippen LogP contribution in [0.15, 0.2) is 69.7 Å². The smallest absolute Gasteiger partial charge is 0.397 e. The molecule has 0 bridgehead atoms. The van der Waals surface area contributed by atoms with Gasteiger partial charge in [0.05, 0.1) is 11.4 Å². The molecule has 0 unspecified atom stereocenters. The highest BCUT2D eigenvalue weighted by Crippen LogP contribution is 2.47. The van der Waals surface area contributed by atoms with Crippen molar-refractivity contribution in [3.05, 3.63) is 83.7 Å². The van der Waals surface area contributed by atoms with E-state index in [2.05, 4.69) is 10.3 Å². The Kier molecular flexibility index (Phi) is 7.71. The standard InChI is InChI=1S/C34H28F2N4O10/c35-21-1-3-23-25(17-21)49-37-31(23)19-9-13-39(14-10-19)33(45-27(41)5-6-28(42)46-33)34(47-29(43)7-8-30(44)48-34)40-15-11-20(12-16-40)32-24-4-2-22(36)18-26(24)50-38-32/h1-8,17-20H,9-16H2. The molecule has 4 aliphatic rings. The number of aromatic nitrogens is 2. The van der Waals surface area contributed by atoms with Crippen molar-refractivity contribution < 1.29 is 56.0 Å². The van der Waals surface area contributed by atoms with Gasteiger partial charge >= 0.3 is 35.7 Å². The second-order valence-corrected chi connectivity index (χ2v) is 12.5. The summed E-state index contributed by atoms with van der Waals surface area (Å²) in [4.78, 5) is 55.8. The average molecular weight is 691 g/mol. The number of rotatable bonds is 5. The second kappa shape index (κ2) is 12.1. The Morgan fingerprint density at radius 2 is 0.900 bits per heavy atom. The summed E-state index contributed by atoms with van der Waals surface area (Å²) >= 11 is 0. The third-order valence-electron chi connectivity index (χ3n) is 9.59. The molecule has 0 radical (unpaired) electrons. The van der Waals surface area contributed by atoms with Crippen molar-refractivity contribution in [1.29, 1.82) is 0 Å². The average Bonchev–Trinajstić information content (AvgIpc) is 3.64. The van der Waals surface area contributed by atoms with Gasteiger partial charge in [-0.1, -0.05) is 10.3 Å². The van der Waals surface area contributed by atoms with Gasteiger partial charge in [0.2, 0.25) is 0 Å². The van der Waals surface area contributed by atoms with Crippen LogP contribution in [-0.2, 0) is 38.1 Å². The summed E-state index contributed by atoms with van der Waals surface area (Å²) in [5, 5.41) is 9.65. The van der Waals surface area contributed by atoms with Gasteiger partial charge in [0, 0.05) is 85.2 Å². The molecule has 2 aromatic carbocycles. The number of nitrogens with zero attached hydrogens (tertiary/aromatic N) is 4. The Morgan fingerprint density at radius 3 is 1.24 bits per heavy atom. The number of benzene rings is 2. The van der Waals surface area contributed by atoms with Gasteiger partial charge in [-0.2, -0.15) is 0 Å². The molecule has 0 spiro atoms. The number of hydrogen-bond donors (Lipinski definition) is 0. The molecular formula is C34H28F2N4O10. The van der Waals surface area contributed by atoms with Crippen LogP contribution in [0.4, 0.5) is 8.78 Å². The summed E-state index contributed by atoms with van der Waals surface area (Å²) in [6, 6.07) is 8.28. The van der Waals surface area contributed by atoms with Gasteiger partial charge in [0.15, 0.2) is 11.2 Å². The fourth-order valence-corrected chi connectivity index (χ4v) is 7.26. The van der Waals surface area contributed by atoms with Gasteiger partial charge in [0.25, 0.3) is 0 Å². The lowest BCUT2D eigenvalue weighted by molar-refractivity contribution is -0.451. The summed E-state index contributed by atoms with van der Waals surface area (Å²) in [5.41, 5.74) is 1.77. The first-order valence-corrected chi connectivity index (χ1v) is 16.0. The van der Waals surface area contributed by atoms with E-state index in [4.69, 9.17) is 28.0 Å². The summed E-state index contributed by atoms with van der Waals surface area (Å²) in [6.07, 6.45) is 4.87. The largest absolute Gasteiger partial charge is 0.419 e. The molecule has 0 atom stereocenters. The fraction of sp³-hybridized carbons (Fsp3) is 0.353. The minimum atomic E-state index is -2.60. The highest BCUT2D eigenvalue weighted by Gasteiger charge is 2.73. The number of halogens is 2. The molecule has 2 fully saturated rings. The lowest BCUT2D eigenvalue weighted by Crippen LogP contribution is -2.77. The number of ether oxygens (including phenoxy) is 4. The number of carbonyl (C=O) groups is 4. The van der Waals surface area contributed by atoms with E-state index >= 15 is 0 Å². The number of piperidine rings is 2. The van der Waals surface area contributed by atoms with Crippen LogP contribution < -0.4 is 0 Å². The predicted molar refractivity (Wildman–Crippen MR) is 163 cm³/mol. The molecule has 2 saturated heterocycles. The SMILES string of the molecule is O=C1C=CC(=O)OC(N2CCC(c3noc4cc(F)ccc34)CC2)(C2(N3CCC(c4noc5cc(F)ccc45)CC3)OC(=O)C=CC(=O)O2)O1. The maximum Gasteiger partial charge on any atom is 0.419 e. The van der Waals surface area contributed by atoms with Gasteiger partial charge in [-0.15, -0.1) is 0 Å². The molecule has 50 heavy (non-hydrogen) atoms. The van der Waals surface area contributed by atoms with Crippen molar-refractivity contribution in [2.45, 2.75) is 49.3 Å². The lowest BCUT2D eigenvalue weighted by Gasteiger charge is -2.54. The Balaban J connectivity index is 1.15. The summed E-state index contributed by atoms with van der Waals surface area (Å²) in [6.45, 7) is 0.290. The van der Waals surface area contributed by atoms with Crippen molar-refractivity contribution in [2.75, 3.05) is 26.2 Å². The number of fused-ring (bicyclic) bond motifs is 2. The Labute approximate surface area is 281 Å². The number of carbonyl (C=O) groups excluding carboxylic acids is 4.